The van der Waals surface area contributed by atoms with E-state index < -0.39 is 17.8 Å². The molecule has 12 heteroatoms. The maximum absolute atomic E-state index is 13.4. The van der Waals surface area contributed by atoms with Crippen LogP contribution in [0.25, 0.3) is 22.4 Å². The molecule has 1 aromatic carbocycles. The van der Waals surface area contributed by atoms with E-state index in [4.69, 9.17) is 11.6 Å². The van der Waals surface area contributed by atoms with Gasteiger partial charge in [0.25, 0.3) is 0 Å². The molecule has 0 spiro atoms. The molecule has 0 saturated heterocycles. The molecule has 7 nitrogen and oxygen atoms in total. The van der Waals surface area contributed by atoms with Crippen molar-refractivity contribution in [3.63, 3.8) is 0 Å². The summed E-state index contributed by atoms with van der Waals surface area (Å²) >= 11 is 7.10. The number of hydrogen-bond donors (Lipinski definition) is 1. The standard InChI is InChI=1S/C17H11ClF3N7S/c1-8(12-14(23-3-2-22-12)16-26-7-29-28-16)27-15-10-4-9(18)5-11(17(19,20)21)13(10)24-6-25-15/h2-8H,1H3,(H,24,25,27). The van der Waals surface area contributed by atoms with E-state index in [0.29, 0.717) is 17.2 Å². The molecule has 148 valence electrons. The van der Waals surface area contributed by atoms with Gasteiger partial charge in [0.15, 0.2) is 5.82 Å². The minimum atomic E-state index is -4.60. The van der Waals surface area contributed by atoms with E-state index in [1.165, 1.54) is 30.0 Å². The predicted molar refractivity (Wildman–Crippen MR) is 103 cm³/mol. The number of benzene rings is 1. The van der Waals surface area contributed by atoms with Crippen molar-refractivity contribution in [1.82, 2.24) is 29.3 Å². The lowest BCUT2D eigenvalue weighted by molar-refractivity contribution is -0.136. The van der Waals surface area contributed by atoms with Gasteiger partial charge in [0.1, 0.15) is 23.3 Å². The SMILES string of the molecule is CC(Nc1ncnc2c(C(F)(F)F)cc(Cl)cc12)c1nccnc1-c1ncsn1. The Morgan fingerprint density at radius 1 is 1.07 bits per heavy atom. The number of halogens is 4. The monoisotopic (exact) mass is 437 g/mol. The highest BCUT2D eigenvalue weighted by molar-refractivity contribution is 7.03. The quantitative estimate of drug-likeness (QED) is 0.491. The molecule has 3 aromatic heterocycles. The molecule has 4 aromatic rings. The molecule has 0 bridgehead atoms. The van der Waals surface area contributed by atoms with Gasteiger partial charge in [-0.05, 0) is 30.6 Å². The average Bonchev–Trinajstić information content (AvgIpc) is 3.22. The molecule has 1 unspecified atom stereocenters. The van der Waals surface area contributed by atoms with Crippen molar-refractivity contribution < 1.29 is 13.2 Å². The number of aromatic nitrogens is 6. The van der Waals surface area contributed by atoms with Gasteiger partial charge in [-0.1, -0.05) is 11.6 Å². The highest BCUT2D eigenvalue weighted by Crippen LogP contribution is 2.38. The molecular weight excluding hydrogens is 427 g/mol. The number of anilines is 1. The van der Waals surface area contributed by atoms with Crippen LogP contribution in [0.3, 0.4) is 0 Å². The molecule has 1 atom stereocenters. The number of rotatable bonds is 4. The first-order valence-corrected chi connectivity index (χ1v) is 9.41. The van der Waals surface area contributed by atoms with Crippen molar-refractivity contribution in [3.8, 4) is 11.5 Å². The lowest BCUT2D eigenvalue weighted by atomic mass is 10.1. The molecule has 1 N–H and O–H groups in total. The average molecular weight is 438 g/mol. The van der Waals surface area contributed by atoms with E-state index in [2.05, 4.69) is 34.6 Å². The summed E-state index contributed by atoms with van der Waals surface area (Å²) in [5.41, 5.74) is 1.40. The highest BCUT2D eigenvalue weighted by atomic mass is 35.5. The van der Waals surface area contributed by atoms with E-state index in [1.54, 1.807) is 12.4 Å². The minimum absolute atomic E-state index is 0.0674. The second kappa shape index (κ2) is 7.48. The van der Waals surface area contributed by atoms with Crippen LogP contribution in [0.2, 0.25) is 5.02 Å². The Hall–Kier alpha value is -2.92. The molecule has 4 rings (SSSR count). The van der Waals surface area contributed by atoms with Crippen LogP contribution < -0.4 is 5.32 Å². The van der Waals surface area contributed by atoms with E-state index in [1.807, 2.05) is 0 Å². The van der Waals surface area contributed by atoms with Crippen LogP contribution >= 0.6 is 23.1 Å². The second-order valence-electron chi connectivity index (χ2n) is 5.98. The first-order valence-electron chi connectivity index (χ1n) is 8.20. The molecular formula is C17H11ClF3N7S. The van der Waals surface area contributed by atoms with Crippen molar-refractivity contribution >= 4 is 39.9 Å². The molecule has 0 radical (unpaired) electrons. The lowest BCUT2D eigenvalue weighted by Gasteiger charge is -2.18. The van der Waals surface area contributed by atoms with Crippen LogP contribution in [0.15, 0.2) is 36.4 Å². The van der Waals surface area contributed by atoms with Gasteiger partial charge in [-0.15, -0.1) is 0 Å². The number of nitrogens with zero attached hydrogens (tertiary/aromatic N) is 6. The molecule has 3 heterocycles. The van der Waals surface area contributed by atoms with Crippen LogP contribution in [0.5, 0.6) is 0 Å². The van der Waals surface area contributed by atoms with Crippen LogP contribution in [-0.2, 0) is 6.18 Å². The fourth-order valence-electron chi connectivity index (χ4n) is 2.85. The first kappa shape index (κ1) is 19.4. The highest BCUT2D eigenvalue weighted by Gasteiger charge is 2.34. The van der Waals surface area contributed by atoms with E-state index in [-0.39, 0.29) is 21.7 Å². The summed E-state index contributed by atoms with van der Waals surface area (Å²) in [6.07, 6.45) is -0.503. The molecule has 0 aliphatic heterocycles. The van der Waals surface area contributed by atoms with Crippen LogP contribution in [0.1, 0.15) is 24.2 Å². The van der Waals surface area contributed by atoms with Gasteiger partial charge in [-0.2, -0.15) is 17.5 Å². The Morgan fingerprint density at radius 3 is 2.59 bits per heavy atom. The van der Waals surface area contributed by atoms with Gasteiger partial charge < -0.3 is 5.32 Å². The molecule has 0 fully saturated rings. The van der Waals surface area contributed by atoms with Crippen molar-refractivity contribution in [2.24, 2.45) is 0 Å². The number of fused-ring (bicyclic) bond motifs is 1. The third-order valence-corrected chi connectivity index (χ3v) is 4.77. The fraction of sp³-hybridized carbons (Fsp3) is 0.176. The molecule has 29 heavy (non-hydrogen) atoms. The smallest absolute Gasteiger partial charge is 0.361 e. The van der Waals surface area contributed by atoms with Crippen LogP contribution in [0.4, 0.5) is 19.0 Å². The third-order valence-electron chi connectivity index (χ3n) is 4.07. The van der Waals surface area contributed by atoms with Gasteiger partial charge in [0.2, 0.25) is 0 Å². The fourth-order valence-corrected chi connectivity index (χ4v) is 3.50. The molecule has 0 amide bonds. The largest absolute Gasteiger partial charge is 0.418 e. The van der Waals surface area contributed by atoms with E-state index >= 15 is 0 Å². The number of alkyl halides is 3. The van der Waals surface area contributed by atoms with Gasteiger partial charge in [0.05, 0.1) is 22.8 Å². The molecule has 0 aliphatic carbocycles. The Morgan fingerprint density at radius 2 is 1.86 bits per heavy atom. The Bertz CT molecular complexity index is 1170. The summed E-state index contributed by atoms with van der Waals surface area (Å²) in [6.45, 7) is 1.78. The minimum Gasteiger partial charge on any atom is -0.361 e. The third kappa shape index (κ3) is 3.83. The second-order valence-corrected chi connectivity index (χ2v) is 7.02. The molecule has 0 aliphatic rings. The zero-order valence-corrected chi connectivity index (χ0v) is 16.2. The van der Waals surface area contributed by atoms with Gasteiger partial charge in [-0.25, -0.2) is 19.9 Å². The van der Waals surface area contributed by atoms with Gasteiger partial charge in [-0.3, -0.25) is 4.98 Å². The Balaban J connectivity index is 1.77. The summed E-state index contributed by atoms with van der Waals surface area (Å²) < 4.78 is 44.4. The van der Waals surface area contributed by atoms with E-state index in [0.717, 1.165) is 12.4 Å². The van der Waals surface area contributed by atoms with Crippen molar-refractivity contribution in [2.75, 3.05) is 5.32 Å². The maximum atomic E-state index is 13.4. The van der Waals surface area contributed by atoms with E-state index in [9.17, 15) is 13.2 Å². The summed E-state index contributed by atoms with van der Waals surface area (Å²) in [5.74, 6) is 0.611. The zero-order chi connectivity index (χ0) is 20.6. The summed E-state index contributed by atoms with van der Waals surface area (Å²) in [5, 5.41) is 3.16. The first-order chi connectivity index (χ1) is 13.8. The topological polar surface area (TPSA) is 89.4 Å². The normalized spacial score (nSPS) is 12.9. The van der Waals surface area contributed by atoms with Crippen molar-refractivity contribution in [2.45, 2.75) is 19.1 Å². The Labute approximate surface area is 171 Å². The predicted octanol–water partition coefficient (Wildman–Crippen LogP) is 4.78. The maximum Gasteiger partial charge on any atom is 0.418 e. The Kier molecular flexibility index (Phi) is 5.01. The van der Waals surface area contributed by atoms with Crippen molar-refractivity contribution in [1.29, 1.82) is 0 Å². The number of hydrogen-bond acceptors (Lipinski definition) is 8. The summed E-state index contributed by atoms with van der Waals surface area (Å²) in [7, 11) is 0. The summed E-state index contributed by atoms with van der Waals surface area (Å²) in [6, 6.07) is 1.77. The number of nitrogens with one attached hydrogen (secondary N) is 1. The van der Waals surface area contributed by atoms with Crippen molar-refractivity contribution in [3.05, 3.63) is 52.6 Å². The van der Waals surface area contributed by atoms with Gasteiger partial charge >= 0.3 is 6.18 Å². The summed E-state index contributed by atoms with van der Waals surface area (Å²) in [4.78, 5) is 20.7. The molecule has 0 saturated carbocycles. The lowest BCUT2D eigenvalue weighted by Crippen LogP contribution is -2.13. The van der Waals surface area contributed by atoms with Crippen LogP contribution in [0, 0.1) is 0 Å². The van der Waals surface area contributed by atoms with Crippen LogP contribution in [-0.4, -0.2) is 29.3 Å². The van der Waals surface area contributed by atoms with Gasteiger partial charge in [0, 0.05) is 22.8 Å². The zero-order valence-electron chi connectivity index (χ0n) is 14.6.